The minimum absolute atomic E-state index is 0.0106. The summed E-state index contributed by atoms with van der Waals surface area (Å²) >= 11 is 0. The molecular formula is C23H24FN3O9S. The summed E-state index contributed by atoms with van der Waals surface area (Å²) in [5.41, 5.74) is 1.04. The Morgan fingerprint density at radius 2 is 1.89 bits per heavy atom. The van der Waals surface area contributed by atoms with Crippen LogP contribution in [0.2, 0.25) is 0 Å². The molecule has 0 unspecified atom stereocenters. The molecule has 2 aromatic rings. The summed E-state index contributed by atoms with van der Waals surface area (Å²) in [5, 5.41) is 0. The summed E-state index contributed by atoms with van der Waals surface area (Å²) in [6.07, 6.45) is -1.13. The zero-order chi connectivity index (χ0) is 26.6. The van der Waals surface area contributed by atoms with E-state index < -0.39 is 46.8 Å². The average molecular weight is 538 g/mol. The predicted molar refractivity (Wildman–Crippen MR) is 127 cm³/mol. The second-order valence-corrected chi connectivity index (χ2v) is 10.6. The Kier molecular flexibility index (Phi) is 7.76. The molecule has 3 heterocycles. The van der Waals surface area contributed by atoms with Crippen LogP contribution in [0.15, 0.2) is 36.5 Å². The molecule has 1 amide bonds. The van der Waals surface area contributed by atoms with Crippen molar-refractivity contribution in [3.63, 3.8) is 0 Å². The van der Waals surface area contributed by atoms with E-state index in [0.29, 0.717) is 24.5 Å². The van der Waals surface area contributed by atoms with Gasteiger partial charge in [0, 0.05) is 37.3 Å². The molecule has 1 aromatic carbocycles. The van der Waals surface area contributed by atoms with Gasteiger partial charge in [-0.3, -0.25) is 9.69 Å². The number of amides is 1. The minimum Gasteiger partial charge on any atom is -0.440 e. The smallest absolute Gasteiger partial charge is 0.440 e. The summed E-state index contributed by atoms with van der Waals surface area (Å²) in [6.45, 7) is 0.962. The zero-order valence-corrected chi connectivity index (χ0v) is 20.6. The molecule has 0 aliphatic carbocycles. The Morgan fingerprint density at radius 3 is 2.54 bits per heavy atom. The lowest BCUT2D eigenvalue weighted by molar-refractivity contribution is -0.150. The molecule has 0 saturated carbocycles. The third kappa shape index (κ3) is 6.64. The molecule has 0 bridgehead atoms. The first-order valence-corrected chi connectivity index (χ1v) is 13.1. The van der Waals surface area contributed by atoms with Crippen LogP contribution < -0.4 is 9.80 Å². The van der Waals surface area contributed by atoms with Gasteiger partial charge in [-0.05, 0) is 30.3 Å². The number of rotatable bonds is 7. The number of nitrogens with zero attached hydrogens (tertiary/aromatic N) is 3. The second-order valence-electron chi connectivity index (χ2n) is 8.28. The molecule has 0 radical (unpaired) electrons. The zero-order valence-electron chi connectivity index (χ0n) is 19.8. The number of ether oxygens (including phenoxy) is 4. The van der Waals surface area contributed by atoms with Gasteiger partial charge in [0.25, 0.3) is 0 Å². The molecule has 14 heteroatoms. The van der Waals surface area contributed by atoms with Crippen LogP contribution in [0.3, 0.4) is 0 Å². The molecule has 0 spiro atoms. The highest BCUT2D eigenvalue weighted by atomic mass is 32.2. The molecule has 2 fully saturated rings. The lowest BCUT2D eigenvalue weighted by Crippen LogP contribution is -2.40. The molecular weight excluding hydrogens is 513 g/mol. The molecule has 12 nitrogen and oxygen atoms in total. The fraction of sp³-hybridized carbons (Fsp3) is 0.391. The number of pyridine rings is 1. The fourth-order valence-corrected chi connectivity index (χ4v) is 4.96. The number of carbonyl (C=O) groups excluding carboxylic acids is 3. The molecule has 2 saturated heterocycles. The summed E-state index contributed by atoms with van der Waals surface area (Å²) < 4.78 is 57.2. The van der Waals surface area contributed by atoms with E-state index in [9.17, 15) is 27.2 Å². The van der Waals surface area contributed by atoms with Crippen molar-refractivity contribution >= 4 is 39.6 Å². The van der Waals surface area contributed by atoms with E-state index in [2.05, 4.69) is 14.5 Å². The number of cyclic esters (lactones) is 1. The molecule has 1 aromatic heterocycles. The van der Waals surface area contributed by atoms with Crippen LogP contribution in [0, 0.1) is 5.82 Å². The quantitative estimate of drug-likeness (QED) is 0.291. The van der Waals surface area contributed by atoms with E-state index in [-0.39, 0.29) is 35.9 Å². The van der Waals surface area contributed by atoms with Crippen LogP contribution >= 0.6 is 0 Å². The van der Waals surface area contributed by atoms with Crippen LogP contribution in [0.1, 0.15) is 6.92 Å². The van der Waals surface area contributed by atoms with Gasteiger partial charge in [-0.2, -0.15) is 0 Å². The number of hydrogen-bond acceptors (Lipinski definition) is 11. The number of benzene rings is 1. The van der Waals surface area contributed by atoms with Gasteiger partial charge in [-0.1, -0.05) is 0 Å². The Bertz CT molecular complexity index is 1270. The van der Waals surface area contributed by atoms with Crippen molar-refractivity contribution < 1.29 is 46.1 Å². The number of sulfone groups is 1. The first-order valence-electron chi connectivity index (χ1n) is 11.2. The Morgan fingerprint density at radius 1 is 1.14 bits per heavy atom. The van der Waals surface area contributed by atoms with Gasteiger partial charge in [0.05, 0.1) is 23.7 Å². The monoisotopic (exact) mass is 537 g/mol. The minimum atomic E-state index is -3.01. The first kappa shape index (κ1) is 26.1. The van der Waals surface area contributed by atoms with E-state index in [0.717, 1.165) is 6.92 Å². The van der Waals surface area contributed by atoms with E-state index in [4.69, 9.17) is 9.47 Å². The van der Waals surface area contributed by atoms with Crippen LogP contribution in [0.25, 0.3) is 11.1 Å². The van der Waals surface area contributed by atoms with E-state index in [1.807, 2.05) is 4.90 Å². The van der Waals surface area contributed by atoms with Crippen molar-refractivity contribution in [1.82, 2.24) is 4.98 Å². The lowest BCUT2D eigenvalue weighted by atomic mass is 10.1. The van der Waals surface area contributed by atoms with Crippen molar-refractivity contribution in [2.45, 2.75) is 13.0 Å². The van der Waals surface area contributed by atoms with Gasteiger partial charge in [0.1, 0.15) is 18.2 Å². The maximum atomic E-state index is 15.0. The van der Waals surface area contributed by atoms with Crippen LogP contribution in [0.5, 0.6) is 0 Å². The molecule has 198 valence electrons. The molecule has 4 rings (SSSR count). The number of aromatic nitrogens is 1. The standard InChI is InChI=1S/C23H24FN3O9S/c1-15(28)34-14-35-23(30)33-13-18-12-27(22(29)36-18)17-3-4-19(20(24)10-17)16-2-5-21(25-11-16)26-6-8-37(31,32)9-7-26/h2-5,10-11,18H,6-9,12-14H2,1H3/t18-/m1/s1. The van der Waals surface area contributed by atoms with Crippen LogP contribution in [-0.4, -0.2) is 82.3 Å². The first-order chi connectivity index (χ1) is 17.6. The van der Waals surface area contributed by atoms with Gasteiger partial charge in [0.2, 0.25) is 6.79 Å². The summed E-state index contributed by atoms with van der Waals surface area (Å²) in [4.78, 5) is 41.8. The van der Waals surface area contributed by atoms with E-state index >= 15 is 0 Å². The SMILES string of the molecule is CC(=O)OCOC(=O)OC[C@H]1CN(c2ccc(-c3ccc(N4CCS(=O)(=O)CC4)nc3)c(F)c2)C(=O)O1. The van der Waals surface area contributed by atoms with E-state index in [1.165, 1.54) is 23.2 Å². The van der Waals surface area contributed by atoms with E-state index in [1.54, 1.807) is 18.2 Å². The maximum Gasteiger partial charge on any atom is 0.511 e. The summed E-state index contributed by atoms with van der Waals surface area (Å²) in [6, 6.07) is 7.66. The molecule has 1 atom stereocenters. The molecule has 37 heavy (non-hydrogen) atoms. The number of hydrogen-bond donors (Lipinski definition) is 0. The normalized spacial score (nSPS) is 18.8. The second kappa shape index (κ2) is 11.0. The largest absolute Gasteiger partial charge is 0.511 e. The number of esters is 1. The van der Waals surface area contributed by atoms with Crippen molar-refractivity contribution in [1.29, 1.82) is 0 Å². The molecule has 0 N–H and O–H groups in total. The highest BCUT2D eigenvalue weighted by molar-refractivity contribution is 7.91. The van der Waals surface area contributed by atoms with Crippen LogP contribution in [-0.2, 0) is 33.6 Å². The maximum absolute atomic E-state index is 15.0. The Balaban J connectivity index is 1.34. The molecule has 2 aliphatic heterocycles. The van der Waals surface area contributed by atoms with Crippen molar-refractivity contribution in [2.75, 3.05) is 54.3 Å². The van der Waals surface area contributed by atoms with Gasteiger partial charge in [-0.25, -0.2) is 27.4 Å². The Hall–Kier alpha value is -3.94. The highest BCUT2D eigenvalue weighted by Gasteiger charge is 2.34. The molecule has 2 aliphatic rings. The predicted octanol–water partition coefficient (Wildman–Crippen LogP) is 2.12. The fourth-order valence-electron chi connectivity index (χ4n) is 3.76. The third-order valence-corrected chi connectivity index (χ3v) is 7.30. The topological polar surface area (TPSA) is 142 Å². The highest BCUT2D eigenvalue weighted by Crippen LogP contribution is 2.30. The van der Waals surface area contributed by atoms with Crippen molar-refractivity contribution in [3.05, 3.63) is 42.3 Å². The van der Waals surface area contributed by atoms with Crippen LogP contribution in [0.4, 0.5) is 25.5 Å². The number of halogens is 1. The van der Waals surface area contributed by atoms with Gasteiger partial charge in [0.15, 0.2) is 15.9 Å². The lowest BCUT2D eigenvalue weighted by Gasteiger charge is -2.27. The van der Waals surface area contributed by atoms with Gasteiger partial charge < -0.3 is 23.8 Å². The summed E-state index contributed by atoms with van der Waals surface area (Å²) in [7, 11) is -3.01. The van der Waals surface area contributed by atoms with Gasteiger partial charge >= 0.3 is 18.2 Å². The van der Waals surface area contributed by atoms with Crippen molar-refractivity contribution in [2.24, 2.45) is 0 Å². The van der Waals surface area contributed by atoms with Gasteiger partial charge in [-0.15, -0.1) is 0 Å². The number of anilines is 2. The van der Waals surface area contributed by atoms with Crippen molar-refractivity contribution in [3.8, 4) is 11.1 Å². The Labute approximate surface area is 211 Å². The third-order valence-electron chi connectivity index (χ3n) is 5.69. The average Bonchev–Trinajstić information content (AvgIpc) is 3.23. The summed E-state index contributed by atoms with van der Waals surface area (Å²) in [5.74, 6) is -0.467. The number of carbonyl (C=O) groups is 3.